The van der Waals surface area contributed by atoms with Gasteiger partial charge in [-0.05, 0) is 23.6 Å². The van der Waals surface area contributed by atoms with Gasteiger partial charge in [0.05, 0.1) is 19.5 Å². The van der Waals surface area contributed by atoms with Crippen LogP contribution in [0.4, 0.5) is 0 Å². The van der Waals surface area contributed by atoms with E-state index < -0.39 is 5.97 Å². The molecule has 0 aromatic heterocycles. The fraction of sp³-hybridized carbons (Fsp3) is 0.529. The van der Waals surface area contributed by atoms with E-state index in [4.69, 9.17) is 9.84 Å². The number of halogens is 1. The van der Waals surface area contributed by atoms with Gasteiger partial charge in [0.2, 0.25) is 5.91 Å². The average Bonchev–Trinajstić information content (AvgIpc) is 2.40. The van der Waals surface area contributed by atoms with E-state index in [1.54, 1.807) is 4.90 Å². The van der Waals surface area contributed by atoms with E-state index in [1.807, 2.05) is 12.1 Å². The van der Waals surface area contributed by atoms with E-state index in [0.717, 1.165) is 15.8 Å². The Hall–Kier alpha value is -1.56. The molecular formula is C17H22BrNO4. The quantitative estimate of drug-likeness (QED) is 0.847. The Labute approximate surface area is 144 Å². The molecule has 1 fully saturated rings. The van der Waals surface area contributed by atoms with E-state index >= 15 is 0 Å². The highest BCUT2D eigenvalue weighted by Crippen LogP contribution is 2.35. The Morgan fingerprint density at radius 1 is 1.30 bits per heavy atom. The third-order valence-electron chi connectivity index (χ3n) is 3.80. The van der Waals surface area contributed by atoms with Gasteiger partial charge in [0.1, 0.15) is 11.9 Å². The van der Waals surface area contributed by atoms with Gasteiger partial charge in [0, 0.05) is 16.5 Å². The Kier molecular flexibility index (Phi) is 5.34. The Morgan fingerprint density at radius 3 is 2.52 bits per heavy atom. The molecule has 0 atom stereocenters. The van der Waals surface area contributed by atoms with Crippen LogP contribution in [0.25, 0.3) is 0 Å². The monoisotopic (exact) mass is 383 g/mol. The van der Waals surface area contributed by atoms with Gasteiger partial charge in [-0.2, -0.15) is 0 Å². The first-order valence-corrected chi connectivity index (χ1v) is 8.42. The number of ether oxygens (including phenoxy) is 1. The topological polar surface area (TPSA) is 66.8 Å². The van der Waals surface area contributed by atoms with Crippen molar-refractivity contribution in [1.29, 1.82) is 0 Å². The first-order valence-electron chi connectivity index (χ1n) is 7.63. The number of aliphatic carboxylic acids is 1. The van der Waals surface area contributed by atoms with Crippen molar-refractivity contribution in [3.05, 3.63) is 28.2 Å². The highest BCUT2D eigenvalue weighted by Gasteiger charge is 2.33. The van der Waals surface area contributed by atoms with Crippen molar-refractivity contribution in [2.45, 2.75) is 45.1 Å². The van der Waals surface area contributed by atoms with Crippen LogP contribution < -0.4 is 4.74 Å². The lowest BCUT2D eigenvalue weighted by Gasteiger charge is -2.40. The second-order valence-electron chi connectivity index (χ2n) is 6.82. The third-order valence-corrected chi connectivity index (χ3v) is 4.29. The van der Waals surface area contributed by atoms with Crippen LogP contribution in [0.1, 0.15) is 39.2 Å². The number of benzene rings is 1. The number of carboxylic acids is 1. The van der Waals surface area contributed by atoms with Gasteiger partial charge in [-0.3, -0.25) is 9.59 Å². The van der Waals surface area contributed by atoms with Crippen molar-refractivity contribution in [2.75, 3.05) is 13.1 Å². The number of likely N-dealkylation sites (tertiary alicyclic amines) is 1. The minimum Gasteiger partial charge on any atom is -0.486 e. The van der Waals surface area contributed by atoms with Gasteiger partial charge in [-0.15, -0.1) is 0 Å². The average molecular weight is 384 g/mol. The second kappa shape index (κ2) is 6.91. The zero-order chi connectivity index (χ0) is 17.2. The van der Waals surface area contributed by atoms with Crippen molar-refractivity contribution in [2.24, 2.45) is 0 Å². The van der Waals surface area contributed by atoms with Gasteiger partial charge in [-0.1, -0.05) is 36.7 Å². The van der Waals surface area contributed by atoms with E-state index in [0.29, 0.717) is 13.1 Å². The van der Waals surface area contributed by atoms with Gasteiger partial charge in [-0.25, -0.2) is 0 Å². The number of carbonyl (C=O) groups is 2. The number of nitrogens with zero attached hydrogens (tertiary/aromatic N) is 1. The third kappa shape index (κ3) is 4.70. The lowest BCUT2D eigenvalue weighted by Crippen LogP contribution is -2.56. The molecule has 126 valence electrons. The summed E-state index contributed by atoms with van der Waals surface area (Å²) in [6.45, 7) is 7.41. The fourth-order valence-corrected chi connectivity index (χ4v) is 2.82. The predicted molar refractivity (Wildman–Crippen MR) is 90.7 cm³/mol. The largest absolute Gasteiger partial charge is 0.486 e. The molecular weight excluding hydrogens is 362 g/mol. The summed E-state index contributed by atoms with van der Waals surface area (Å²) in [5.74, 6) is -0.237. The van der Waals surface area contributed by atoms with Crippen molar-refractivity contribution >= 4 is 27.8 Å². The molecule has 0 spiro atoms. The van der Waals surface area contributed by atoms with Crippen molar-refractivity contribution in [3.8, 4) is 5.75 Å². The second-order valence-corrected chi connectivity index (χ2v) is 7.74. The summed E-state index contributed by atoms with van der Waals surface area (Å²) in [7, 11) is 0. The molecule has 1 aromatic rings. The van der Waals surface area contributed by atoms with Crippen molar-refractivity contribution < 1.29 is 19.4 Å². The van der Waals surface area contributed by atoms with E-state index in [2.05, 4.69) is 42.8 Å². The van der Waals surface area contributed by atoms with Gasteiger partial charge < -0.3 is 14.7 Å². The smallest absolute Gasteiger partial charge is 0.303 e. The highest BCUT2D eigenvalue weighted by molar-refractivity contribution is 9.10. The van der Waals surface area contributed by atoms with E-state index in [1.165, 1.54) is 0 Å². The number of hydrogen-bond donors (Lipinski definition) is 1. The fourth-order valence-electron chi connectivity index (χ4n) is 2.46. The molecule has 6 heteroatoms. The lowest BCUT2D eigenvalue weighted by molar-refractivity contribution is -0.144. The highest BCUT2D eigenvalue weighted by atomic mass is 79.9. The van der Waals surface area contributed by atoms with Crippen LogP contribution in [-0.2, 0) is 15.0 Å². The normalized spacial score (nSPS) is 15.2. The number of hydrogen-bond acceptors (Lipinski definition) is 3. The van der Waals surface area contributed by atoms with Crippen molar-refractivity contribution in [3.63, 3.8) is 0 Å². The number of rotatable bonds is 5. The van der Waals surface area contributed by atoms with E-state index in [-0.39, 0.29) is 30.3 Å². The Bertz CT molecular complexity index is 603. The predicted octanol–water partition coefficient (Wildman–Crippen LogP) is 3.20. The van der Waals surface area contributed by atoms with Crippen LogP contribution in [-0.4, -0.2) is 41.1 Å². The van der Waals surface area contributed by atoms with Crippen LogP contribution in [0.3, 0.4) is 0 Å². The molecule has 1 saturated heterocycles. The SMILES string of the molecule is CC(C)(C)c1cc(Br)ccc1OC1CN(C(=O)CCC(=O)O)C1. The Balaban J connectivity index is 1.93. The first kappa shape index (κ1) is 17.8. The summed E-state index contributed by atoms with van der Waals surface area (Å²) in [5, 5.41) is 8.61. The van der Waals surface area contributed by atoms with Crippen LogP contribution in [0.5, 0.6) is 5.75 Å². The summed E-state index contributed by atoms with van der Waals surface area (Å²) < 4.78 is 7.05. The maximum atomic E-state index is 11.8. The zero-order valence-corrected chi connectivity index (χ0v) is 15.2. The minimum atomic E-state index is -0.948. The summed E-state index contributed by atoms with van der Waals surface area (Å²) in [4.78, 5) is 23.9. The molecule has 0 saturated carbocycles. The molecule has 23 heavy (non-hydrogen) atoms. The maximum Gasteiger partial charge on any atom is 0.303 e. The summed E-state index contributed by atoms with van der Waals surface area (Å²) in [5.41, 5.74) is 1.07. The molecule has 0 unspecified atom stereocenters. The molecule has 1 aliphatic rings. The zero-order valence-electron chi connectivity index (χ0n) is 13.6. The maximum absolute atomic E-state index is 11.8. The molecule has 1 aliphatic heterocycles. The molecule has 0 bridgehead atoms. The van der Waals surface area contributed by atoms with Gasteiger partial charge in [0.25, 0.3) is 0 Å². The van der Waals surface area contributed by atoms with Crippen LogP contribution in [0, 0.1) is 0 Å². The molecule has 1 amide bonds. The summed E-state index contributed by atoms with van der Waals surface area (Å²) in [6.07, 6.45) is -0.110. The number of amides is 1. The van der Waals surface area contributed by atoms with Crippen LogP contribution in [0.2, 0.25) is 0 Å². The molecule has 0 radical (unpaired) electrons. The lowest BCUT2D eigenvalue weighted by atomic mass is 9.86. The van der Waals surface area contributed by atoms with Crippen LogP contribution >= 0.6 is 15.9 Å². The van der Waals surface area contributed by atoms with Crippen molar-refractivity contribution in [1.82, 2.24) is 4.90 Å². The summed E-state index contributed by atoms with van der Waals surface area (Å²) in [6, 6.07) is 5.95. The molecule has 1 heterocycles. The summed E-state index contributed by atoms with van der Waals surface area (Å²) >= 11 is 3.49. The minimum absolute atomic E-state index is 0.0361. The molecule has 2 rings (SSSR count). The molecule has 1 N–H and O–H groups in total. The number of carbonyl (C=O) groups excluding carboxylic acids is 1. The first-order chi connectivity index (χ1) is 10.7. The molecule has 1 aromatic carbocycles. The molecule has 5 nitrogen and oxygen atoms in total. The van der Waals surface area contributed by atoms with Gasteiger partial charge >= 0.3 is 5.97 Å². The van der Waals surface area contributed by atoms with Gasteiger partial charge in [0.15, 0.2) is 0 Å². The van der Waals surface area contributed by atoms with E-state index in [9.17, 15) is 9.59 Å². The number of carboxylic acid groups (broad SMARTS) is 1. The van der Waals surface area contributed by atoms with Crippen LogP contribution in [0.15, 0.2) is 22.7 Å². The standard InChI is InChI=1S/C17H22BrNO4/c1-17(2,3)13-8-11(18)4-5-14(13)23-12-9-19(10-12)15(20)6-7-16(21)22/h4-5,8,12H,6-7,9-10H2,1-3H3,(H,21,22). The Morgan fingerprint density at radius 2 is 1.96 bits per heavy atom. The molecule has 0 aliphatic carbocycles.